The van der Waals surface area contributed by atoms with Crippen molar-refractivity contribution in [2.45, 2.75) is 18.3 Å². The molecule has 4 nitrogen and oxygen atoms in total. The van der Waals surface area contributed by atoms with Gasteiger partial charge in [-0.05, 0) is 36.4 Å². The van der Waals surface area contributed by atoms with E-state index in [-0.39, 0.29) is 5.76 Å². The lowest BCUT2D eigenvalue weighted by Crippen LogP contribution is -2.23. The number of anilines is 1. The molecule has 7 heteroatoms. The fourth-order valence-corrected chi connectivity index (χ4v) is 3.16. The highest BCUT2D eigenvalue weighted by atomic mass is 19.4. The first kappa shape index (κ1) is 16.5. The summed E-state index contributed by atoms with van der Waals surface area (Å²) in [5.74, 6) is -0.222. The van der Waals surface area contributed by atoms with Crippen molar-refractivity contribution in [1.82, 2.24) is 0 Å². The zero-order valence-electron chi connectivity index (χ0n) is 13.7. The monoisotopic (exact) mass is 361 g/mol. The smallest absolute Gasteiger partial charge is 0.411 e. The Kier molecular flexibility index (Phi) is 3.68. The van der Waals surface area contributed by atoms with Crippen molar-refractivity contribution < 1.29 is 27.1 Å². The van der Waals surface area contributed by atoms with E-state index >= 15 is 0 Å². The number of carbonyl (C=O) groups excluding carboxylic acids is 1. The number of furan rings is 1. The van der Waals surface area contributed by atoms with E-state index in [0.29, 0.717) is 22.4 Å². The first-order valence-electron chi connectivity index (χ1n) is 7.92. The second-order valence-corrected chi connectivity index (χ2v) is 6.05. The van der Waals surface area contributed by atoms with Crippen LogP contribution in [0, 0.1) is 0 Å². The Balaban J connectivity index is 1.67. The second-order valence-electron chi connectivity index (χ2n) is 6.05. The third-order valence-corrected chi connectivity index (χ3v) is 4.45. The molecular formula is C19H14F3NO3. The summed E-state index contributed by atoms with van der Waals surface area (Å²) in [5, 5.41) is 0.677. The first-order valence-corrected chi connectivity index (χ1v) is 7.92. The van der Waals surface area contributed by atoms with Gasteiger partial charge in [0.2, 0.25) is 5.78 Å². The Morgan fingerprint density at radius 1 is 1.12 bits per heavy atom. The largest absolute Gasteiger partial charge is 0.497 e. The van der Waals surface area contributed by atoms with Crippen LogP contribution in [0.4, 0.5) is 18.9 Å². The molecule has 0 spiro atoms. The number of para-hydroxylation sites is 1. The summed E-state index contributed by atoms with van der Waals surface area (Å²) in [7, 11) is 1.47. The molecule has 0 amide bonds. The number of methoxy groups -OCH3 is 1. The van der Waals surface area contributed by atoms with Crippen LogP contribution in [0.15, 0.2) is 59.0 Å². The van der Waals surface area contributed by atoms with Gasteiger partial charge in [0.15, 0.2) is 11.8 Å². The molecule has 1 aliphatic rings. The molecule has 134 valence electrons. The van der Waals surface area contributed by atoms with Gasteiger partial charge >= 0.3 is 6.18 Å². The first-order chi connectivity index (χ1) is 12.4. The summed E-state index contributed by atoms with van der Waals surface area (Å²) in [6, 6.07) is 11.3. The zero-order chi connectivity index (χ0) is 18.5. The third-order valence-electron chi connectivity index (χ3n) is 4.45. The molecule has 1 fully saturated rings. The maximum absolute atomic E-state index is 13.4. The highest BCUT2D eigenvalue weighted by Gasteiger charge is 2.66. The number of carbonyl (C=O) groups is 1. The number of ether oxygens (including phenoxy) is 1. The average Bonchev–Trinajstić information content (AvgIpc) is 3.25. The summed E-state index contributed by atoms with van der Waals surface area (Å²) in [6.45, 7) is 0. The maximum atomic E-state index is 13.4. The Bertz CT molecular complexity index is 929. The Labute approximate surface area is 146 Å². The summed E-state index contributed by atoms with van der Waals surface area (Å²) >= 11 is 0. The number of rotatable bonds is 4. The molecule has 1 saturated heterocycles. The molecule has 2 atom stereocenters. The Morgan fingerprint density at radius 2 is 1.81 bits per heavy atom. The number of halogens is 3. The van der Waals surface area contributed by atoms with Crippen molar-refractivity contribution in [1.29, 1.82) is 0 Å². The number of Topliss-reactive ketones (excluding diaryl/α,β-unsaturated/α-hetero) is 1. The fourth-order valence-electron chi connectivity index (χ4n) is 3.16. The van der Waals surface area contributed by atoms with E-state index in [1.807, 2.05) is 0 Å². The maximum Gasteiger partial charge on any atom is 0.411 e. The molecule has 0 aliphatic carbocycles. The lowest BCUT2D eigenvalue weighted by Gasteiger charge is -2.08. The minimum Gasteiger partial charge on any atom is -0.497 e. The number of nitrogens with zero attached hydrogens (tertiary/aromatic N) is 1. The van der Waals surface area contributed by atoms with Gasteiger partial charge in [-0.3, -0.25) is 4.79 Å². The van der Waals surface area contributed by atoms with Crippen molar-refractivity contribution in [3.8, 4) is 5.75 Å². The van der Waals surface area contributed by atoms with Crippen molar-refractivity contribution >= 4 is 22.4 Å². The van der Waals surface area contributed by atoms with Crippen LogP contribution in [0.25, 0.3) is 11.0 Å². The molecule has 3 aromatic rings. The molecule has 26 heavy (non-hydrogen) atoms. The predicted octanol–water partition coefficient (Wildman–Crippen LogP) is 4.44. The lowest BCUT2D eigenvalue weighted by atomic mass is 10.1. The van der Waals surface area contributed by atoms with Gasteiger partial charge in [-0.25, -0.2) is 0 Å². The predicted molar refractivity (Wildman–Crippen MR) is 89.6 cm³/mol. The van der Waals surface area contributed by atoms with Crippen LogP contribution in [0.1, 0.15) is 10.6 Å². The van der Waals surface area contributed by atoms with Gasteiger partial charge in [-0.15, -0.1) is 0 Å². The zero-order valence-corrected chi connectivity index (χ0v) is 13.7. The quantitative estimate of drug-likeness (QED) is 0.509. The summed E-state index contributed by atoms with van der Waals surface area (Å²) in [6.07, 6.45) is -4.52. The summed E-state index contributed by atoms with van der Waals surface area (Å²) in [4.78, 5) is 13.7. The van der Waals surface area contributed by atoms with Gasteiger partial charge in [-0.1, -0.05) is 18.2 Å². The van der Waals surface area contributed by atoms with Crippen molar-refractivity contribution in [3.63, 3.8) is 0 Å². The van der Waals surface area contributed by atoms with E-state index in [4.69, 9.17) is 9.15 Å². The molecule has 0 saturated carbocycles. The fraction of sp³-hybridized carbons (Fsp3) is 0.211. The number of ketones is 1. The number of fused-ring (bicyclic) bond motifs is 1. The number of benzene rings is 2. The van der Waals surface area contributed by atoms with Crippen LogP contribution in [0.2, 0.25) is 0 Å². The van der Waals surface area contributed by atoms with Crippen molar-refractivity contribution in [2.75, 3.05) is 12.0 Å². The molecule has 0 unspecified atom stereocenters. The lowest BCUT2D eigenvalue weighted by molar-refractivity contribution is -0.127. The van der Waals surface area contributed by atoms with Crippen LogP contribution >= 0.6 is 0 Å². The number of hydrogen-bond acceptors (Lipinski definition) is 4. The molecule has 1 aliphatic heterocycles. The normalized spacial score (nSPS) is 19.6. The summed E-state index contributed by atoms with van der Waals surface area (Å²) < 4.78 is 50.7. The van der Waals surface area contributed by atoms with E-state index < -0.39 is 24.0 Å². The van der Waals surface area contributed by atoms with Crippen LogP contribution in [-0.4, -0.2) is 31.2 Å². The average molecular weight is 361 g/mol. The highest BCUT2D eigenvalue weighted by Crippen LogP contribution is 2.46. The molecule has 0 N–H and O–H groups in total. The Morgan fingerprint density at radius 3 is 2.42 bits per heavy atom. The van der Waals surface area contributed by atoms with Gasteiger partial charge in [0.1, 0.15) is 17.4 Å². The summed E-state index contributed by atoms with van der Waals surface area (Å²) in [5.41, 5.74) is 0.777. The topological polar surface area (TPSA) is 42.5 Å². The van der Waals surface area contributed by atoms with Gasteiger partial charge in [0.25, 0.3) is 0 Å². The minimum atomic E-state index is -4.52. The van der Waals surface area contributed by atoms with Crippen LogP contribution in [0.5, 0.6) is 5.75 Å². The molecule has 0 bridgehead atoms. The standard InChI is InChI=1S/C19H14F3NO3/c1-25-13-8-6-12(7-9-13)23-16(18(23)19(20,21)22)17(24)15-10-11-4-2-3-5-14(11)26-15/h2-10,16,18H,1H3/t16-,18-,23?/m1/s1. The van der Waals surface area contributed by atoms with E-state index in [9.17, 15) is 18.0 Å². The number of hydrogen-bond donors (Lipinski definition) is 0. The molecule has 2 heterocycles. The van der Waals surface area contributed by atoms with Gasteiger partial charge < -0.3 is 14.1 Å². The van der Waals surface area contributed by atoms with E-state index in [1.54, 1.807) is 36.4 Å². The van der Waals surface area contributed by atoms with Crippen molar-refractivity contribution in [3.05, 3.63) is 60.4 Å². The van der Waals surface area contributed by atoms with Gasteiger partial charge in [0.05, 0.1) is 7.11 Å². The molecular weight excluding hydrogens is 347 g/mol. The van der Waals surface area contributed by atoms with Crippen LogP contribution in [-0.2, 0) is 0 Å². The molecule has 2 aromatic carbocycles. The number of alkyl halides is 3. The van der Waals surface area contributed by atoms with Gasteiger partial charge in [0, 0.05) is 11.1 Å². The van der Waals surface area contributed by atoms with Gasteiger partial charge in [-0.2, -0.15) is 13.2 Å². The third kappa shape index (κ3) is 2.69. The van der Waals surface area contributed by atoms with E-state index in [0.717, 1.165) is 4.90 Å². The molecule has 0 radical (unpaired) electrons. The minimum absolute atomic E-state index is 0.0681. The van der Waals surface area contributed by atoms with Crippen LogP contribution in [0.3, 0.4) is 0 Å². The molecule has 4 rings (SSSR count). The van der Waals surface area contributed by atoms with Crippen molar-refractivity contribution in [2.24, 2.45) is 0 Å². The Hall–Kier alpha value is -2.96. The van der Waals surface area contributed by atoms with E-state index in [1.165, 1.54) is 25.3 Å². The second kappa shape index (κ2) is 5.79. The molecule has 1 aromatic heterocycles. The van der Waals surface area contributed by atoms with Crippen LogP contribution < -0.4 is 9.64 Å². The highest BCUT2D eigenvalue weighted by molar-refractivity contribution is 6.06. The SMILES string of the molecule is COc1ccc(N2[C@H](C(=O)c3cc4ccccc4o3)[C@@H]2C(F)(F)F)cc1. The van der Waals surface area contributed by atoms with E-state index in [2.05, 4.69) is 0 Å².